The van der Waals surface area contributed by atoms with Gasteiger partial charge in [0.15, 0.2) is 0 Å². The van der Waals surface area contributed by atoms with Crippen LogP contribution in [-0.2, 0) is 4.74 Å². The zero-order valence-corrected chi connectivity index (χ0v) is 19.7. The van der Waals surface area contributed by atoms with E-state index in [0.717, 1.165) is 0 Å². The third-order valence-corrected chi connectivity index (χ3v) is 4.98. The Bertz CT molecular complexity index is 1120. The fourth-order valence-corrected chi connectivity index (χ4v) is 2.37. The van der Waals surface area contributed by atoms with Crippen LogP contribution in [0, 0.1) is 0 Å². The predicted octanol–water partition coefficient (Wildman–Crippen LogP) is 10.7. The molecular weight excluding hydrogens is 778 g/mol. The van der Waals surface area contributed by atoms with E-state index in [9.17, 15) is 132 Å². The highest BCUT2D eigenvalue weighted by Gasteiger charge is 2.93. The molecule has 0 saturated heterocycles. The molecule has 0 fully saturated rings. The first-order valence-corrected chi connectivity index (χ1v) is 9.58. The Balaban J connectivity index is 7.54. The molecule has 0 amide bonds. The maximum atomic E-state index is 13.9. The Labute approximate surface area is 233 Å². The normalized spacial score (nSPS) is 15.9. The largest absolute Gasteiger partial charge is 0.460 e. The van der Waals surface area contributed by atoms with Crippen molar-refractivity contribution >= 4 is 0 Å². The molecule has 0 aliphatic rings. The molecular formula is C16F30O. The topological polar surface area (TPSA) is 9.23 Å². The highest BCUT2D eigenvalue weighted by Crippen LogP contribution is 2.64. The average molecular weight is 778 g/mol. The number of hydrogen-bond acceptors (Lipinski definition) is 1. The summed E-state index contributed by atoms with van der Waals surface area (Å²) in [5.41, 5.74) is 0. The van der Waals surface area contributed by atoms with Crippen molar-refractivity contribution in [2.75, 3.05) is 0 Å². The minimum absolute atomic E-state index is 1.62. The lowest BCUT2D eigenvalue weighted by atomic mass is 9.92. The lowest BCUT2D eigenvalue weighted by Gasteiger charge is -2.41. The van der Waals surface area contributed by atoms with E-state index in [1.807, 2.05) is 0 Å². The summed E-state index contributed by atoms with van der Waals surface area (Å²) in [6.07, 6.45) is -27.3. The van der Waals surface area contributed by atoms with Crippen LogP contribution in [0.4, 0.5) is 132 Å². The zero-order chi connectivity index (χ0) is 39.0. The van der Waals surface area contributed by atoms with Gasteiger partial charge >= 0.3 is 83.7 Å². The third kappa shape index (κ3) is 5.92. The molecule has 280 valence electrons. The fourth-order valence-electron chi connectivity index (χ4n) is 2.37. The maximum absolute atomic E-state index is 13.9. The molecule has 0 aromatic rings. The Morgan fingerprint density at radius 2 is 0.426 bits per heavy atom. The van der Waals surface area contributed by atoms with Gasteiger partial charge in [0, 0.05) is 0 Å². The Kier molecular flexibility index (Phi) is 10.7. The average Bonchev–Trinajstić information content (AvgIpc) is 2.80. The summed E-state index contributed by atoms with van der Waals surface area (Å²) >= 11 is 0. The van der Waals surface area contributed by atoms with Gasteiger partial charge < -0.3 is 4.74 Å². The van der Waals surface area contributed by atoms with E-state index in [-0.39, 0.29) is 0 Å². The van der Waals surface area contributed by atoms with Crippen LogP contribution >= 0.6 is 0 Å². The number of allylic oxidation sites excluding steroid dienone is 2. The molecule has 0 heterocycles. The van der Waals surface area contributed by atoms with Gasteiger partial charge in [-0.1, -0.05) is 0 Å². The third-order valence-electron chi connectivity index (χ3n) is 4.98. The monoisotopic (exact) mass is 778 g/mol. The smallest absolute Gasteiger partial charge is 0.442 e. The van der Waals surface area contributed by atoms with Crippen molar-refractivity contribution in [3.8, 4) is 0 Å². The van der Waals surface area contributed by atoms with E-state index >= 15 is 0 Å². The summed E-state index contributed by atoms with van der Waals surface area (Å²) in [5.74, 6) is -101. The standard InChI is InChI=1S/C16F30O/c17-3(18)1(5(21,22)7(25,26)9(29,30)11(33,34)13(37,38)15(41,42)43)47-2(4(19)20)6(23,24)8(27,28)10(31,32)12(35,36)14(39,40)16(44,45)46. The molecule has 0 rings (SSSR count). The molecule has 0 aliphatic heterocycles. The van der Waals surface area contributed by atoms with Crippen LogP contribution in [0.5, 0.6) is 0 Å². The minimum Gasteiger partial charge on any atom is -0.442 e. The summed E-state index contributed by atoms with van der Waals surface area (Å²) < 4.78 is 393. The van der Waals surface area contributed by atoms with Gasteiger partial charge in [-0.05, 0) is 0 Å². The second-order valence-electron chi connectivity index (χ2n) is 8.02. The first-order chi connectivity index (χ1) is 19.9. The van der Waals surface area contributed by atoms with Gasteiger partial charge in [0.05, 0.1) is 0 Å². The molecule has 0 aliphatic carbocycles. The summed E-state index contributed by atoms with van der Waals surface area (Å²) in [6, 6.07) is 0. The SMILES string of the molecule is FC(F)=C(OC(=C(F)F)C(F)(F)C(F)(F)C(F)(F)C(F)(F)C(F)(F)C(F)(F)F)C(F)(F)C(F)(F)C(F)(F)C(F)(F)C(F)(F)C(F)(F)F. The molecule has 0 aromatic heterocycles. The van der Waals surface area contributed by atoms with Gasteiger partial charge in [-0.3, -0.25) is 0 Å². The second kappa shape index (κ2) is 11.4. The highest BCUT2D eigenvalue weighted by molar-refractivity contribution is 5.25. The Morgan fingerprint density at radius 3 is 0.574 bits per heavy atom. The number of alkyl halides is 26. The molecule has 0 radical (unpaired) electrons. The van der Waals surface area contributed by atoms with Gasteiger partial charge in [0.25, 0.3) is 0 Å². The lowest BCUT2D eigenvalue weighted by molar-refractivity contribution is -0.440. The van der Waals surface area contributed by atoms with E-state index in [2.05, 4.69) is 0 Å². The van der Waals surface area contributed by atoms with Crippen LogP contribution in [-0.4, -0.2) is 71.6 Å². The van der Waals surface area contributed by atoms with Crippen LogP contribution in [0.2, 0.25) is 0 Å². The van der Waals surface area contributed by atoms with Crippen LogP contribution < -0.4 is 0 Å². The van der Waals surface area contributed by atoms with Crippen molar-refractivity contribution in [3.05, 3.63) is 23.7 Å². The minimum atomic E-state index is -9.20. The number of rotatable bonds is 12. The zero-order valence-electron chi connectivity index (χ0n) is 19.7. The van der Waals surface area contributed by atoms with E-state index in [0.29, 0.717) is 0 Å². The van der Waals surface area contributed by atoms with E-state index in [1.165, 1.54) is 0 Å². The van der Waals surface area contributed by atoms with Crippen molar-refractivity contribution in [3.63, 3.8) is 0 Å². The van der Waals surface area contributed by atoms with Crippen LogP contribution in [0.1, 0.15) is 0 Å². The van der Waals surface area contributed by atoms with E-state index < -0.39 is 95.3 Å². The first kappa shape index (κ1) is 44.2. The van der Waals surface area contributed by atoms with Crippen molar-refractivity contribution < 1.29 is 136 Å². The number of hydrogen-bond donors (Lipinski definition) is 0. The molecule has 0 aromatic carbocycles. The van der Waals surface area contributed by atoms with Gasteiger partial charge in [0.1, 0.15) is 0 Å². The van der Waals surface area contributed by atoms with Crippen molar-refractivity contribution in [2.24, 2.45) is 0 Å². The van der Waals surface area contributed by atoms with Gasteiger partial charge in [-0.2, -0.15) is 132 Å². The van der Waals surface area contributed by atoms with Crippen LogP contribution in [0.25, 0.3) is 0 Å². The predicted molar refractivity (Wildman–Crippen MR) is 81.1 cm³/mol. The van der Waals surface area contributed by atoms with E-state index in [1.54, 1.807) is 4.74 Å². The fraction of sp³-hybridized carbons (Fsp3) is 0.750. The quantitative estimate of drug-likeness (QED) is 0.142. The van der Waals surface area contributed by atoms with Crippen molar-refractivity contribution in [1.29, 1.82) is 0 Å². The molecule has 1 nitrogen and oxygen atoms in total. The molecule has 0 spiro atoms. The summed E-state index contributed by atoms with van der Waals surface area (Å²) in [4.78, 5) is 0. The van der Waals surface area contributed by atoms with Gasteiger partial charge in [-0.25, -0.2) is 0 Å². The Hall–Kier alpha value is -2.82. The summed E-state index contributed by atoms with van der Waals surface area (Å²) in [5, 5.41) is 0. The van der Waals surface area contributed by atoms with Crippen LogP contribution in [0.15, 0.2) is 23.7 Å². The van der Waals surface area contributed by atoms with E-state index in [4.69, 9.17) is 0 Å². The molecule has 0 N–H and O–H groups in total. The Morgan fingerprint density at radius 1 is 0.255 bits per heavy atom. The molecule has 0 bridgehead atoms. The lowest BCUT2D eigenvalue weighted by Crippen LogP contribution is -2.71. The molecule has 47 heavy (non-hydrogen) atoms. The molecule has 0 unspecified atom stereocenters. The highest BCUT2D eigenvalue weighted by atomic mass is 19.4. The maximum Gasteiger partial charge on any atom is 0.460 e. The van der Waals surface area contributed by atoms with Gasteiger partial charge in [-0.15, -0.1) is 0 Å². The first-order valence-electron chi connectivity index (χ1n) is 9.58. The number of halogens is 30. The molecule has 0 atom stereocenters. The van der Waals surface area contributed by atoms with Gasteiger partial charge in [0.2, 0.25) is 11.5 Å². The summed E-state index contributed by atoms with van der Waals surface area (Å²) in [6.45, 7) is 0. The van der Waals surface area contributed by atoms with Crippen LogP contribution in [0.3, 0.4) is 0 Å². The second-order valence-corrected chi connectivity index (χ2v) is 8.02. The molecule has 0 saturated carbocycles. The number of ether oxygens (including phenoxy) is 1. The van der Waals surface area contributed by atoms with Crippen molar-refractivity contribution in [1.82, 2.24) is 0 Å². The van der Waals surface area contributed by atoms with Crippen molar-refractivity contribution in [2.45, 2.75) is 71.6 Å². The molecule has 31 heteroatoms. The summed E-state index contributed by atoms with van der Waals surface area (Å²) in [7, 11) is 0.